The Labute approximate surface area is 160 Å². The Hall–Kier alpha value is -1.68. The SMILES string of the molecule is O=C1NCc2ccccc2N1S(=O)(=O)N1CCN(CCN2CCCC2)CC1. The Balaban J connectivity index is 1.41. The minimum atomic E-state index is -3.88. The van der Waals surface area contributed by atoms with Crippen LogP contribution in [0.1, 0.15) is 18.4 Å². The fourth-order valence-electron chi connectivity index (χ4n) is 4.03. The number of nitrogens with one attached hydrogen (secondary N) is 1. The number of likely N-dealkylation sites (tertiary alicyclic amines) is 1. The van der Waals surface area contributed by atoms with Gasteiger partial charge in [0.25, 0.3) is 0 Å². The first-order chi connectivity index (χ1) is 13.1. The number of hydrogen-bond acceptors (Lipinski definition) is 5. The van der Waals surface area contributed by atoms with E-state index in [9.17, 15) is 13.2 Å². The van der Waals surface area contributed by atoms with Gasteiger partial charge in [0.15, 0.2) is 0 Å². The summed E-state index contributed by atoms with van der Waals surface area (Å²) < 4.78 is 28.7. The summed E-state index contributed by atoms with van der Waals surface area (Å²) in [6.45, 7) is 6.95. The second-order valence-corrected chi connectivity index (χ2v) is 9.13. The van der Waals surface area contributed by atoms with Crippen molar-refractivity contribution in [1.29, 1.82) is 0 Å². The molecule has 0 spiro atoms. The molecule has 0 bridgehead atoms. The first kappa shape index (κ1) is 18.7. The first-order valence-electron chi connectivity index (χ1n) is 9.66. The van der Waals surface area contributed by atoms with Gasteiger partial charge in [-0.05, 0) is 37.6 Å². The van der Waals surface area contributed by atoms with Gasteiger partial charge in [-0.25, -0.2) is 4.79 Å². The molecule has 2 saturated heterocycles. The fourth-order valence-corrected chi connectivity index (χ4v) is 5.58. The Bertz CT molecular complexity index is 786. The highest BCUT2D eigenvalue weighted by Gasteiger charge is 2.39. The summed E-state index contributed by atoms with van der Waals surface area (Å²) in [4.78, 5) is 17.1. The van der Waals surface area contributed by atoms with Gasteiger partial charge < -0.3 is 10.2 Å². The standard InChI is InChI=1S/C18H27N5O3S/c24-18-19-15-16-5-1-2-6-17(16)23(18)27(25,26)22-13-11-21(12-14-22)10-9-20-7-3-4-8-20/h1-2,5-6H,3-4,7-15H2,(H,19,24). The van der Waals surface area contributed by atoms with E-state index < -0.39 is 16.2 Å². The lowest BCUT2D eigenvalue weighted by Gasteiger charge is -2.38. The molecule has 0 radical (unpaired) electrons. The van der Waals surface area contributed by atoms with Crippen LogP contribution >= 0.6 is 0 Å². The summed E-state index contributed by atoms with van der Waals surface area (Å²) in [7, 11) is -3.88. The van der Waals surface area contributed by atoms with Gasteiger partial charge >= 0.3 is 16.2 Å². The average molecular weight is 394 g/mol. The summed E-state index contributed by atoms with van der Waals surface area (Å²) in [6, 6.07) is 6.56. The molecule has 3 aliphatic rings. The number of piperazine rings is 1. The lowest BCUT2D eigenvalue weighted by molar-refractivity contribution is 0.168. The molecular formula is C18H27N5O3S. The average Bonchev–Trinajstić information content (AvgIpc) is 3.20. The molecular weight excluding hydrogens is 366 g/mol. The molecule has 8 nitrogen and oxygen atoms in total. The number of rotatable bonds is 5. The van der Waals surface area contributed by atoms with E-state index in [1.54, 1.807) is 12.1 Å². The van der Waals surface area contributed by atoms with Gasteiger partial charge in [-0.2, -0.15) is 17.0 Å². The molecule has 0 unspecified atom stereocenters. The van der Waals surface area contributed by atoms with Crippen LogP contribution in [0, 0.1) is 0 Å². The Morgan fingerprint density at radius 1 is 0.889 bits per heavy atom. The number of para-hydroxylation sites is 1. The summed E-state index contributed by atoms with van der Waals surface area (Å²) >= 11 is 0. The molecule has 0 atom stereocenters. The summed E-state index contributed by atoms with van der Waals surface area (Å²) in [6.07, 6.45) is 2.57. The van der Waals surface area contributed by atoms with Crippen LogP contribution in [0.15, 0.2) is 24.3 Å². The number of nitrogens with zero attached hydrogens (tertiary/aromatic N) is 4. The first-order valence-corrected chi connectivity index (χ1v) is 11.1. The minimum Gasteiger partial charge on any atom is -0.333 e. The second-order valence-electron chi connectivity index (χ2n) is 7.35. The van der Waals surface area contributed by atoms with E-state index >= 15 is 0 Å². The third-order valence-corrected chi connectivity index (χ3v) is 7.49. The molecule has 3 heterocycles. The molecule has 1 N–H and O–H groups in total. The Morgan fingerprint density at radius 2 is 1.52 bits per heavy atom. The van der Waals surface area contributed by atoms with E-state index in [0.29, 0.717) is 38.4 Å². The molecule has 1 aromatic rings. The van der Waals surface area contributed by atoms with E-state index in [2.05, 4.69) is 15.1 Å². The normalized spacial score (nSPS) is 22.7. The summed E-state index contributed by atoms with van der Waals surface area (Å²) in [5.74, 6) is 0. The van der Waals surface area contributed by atoms with Crippen molar-refractivity contribution >= 4 is 21.9 Å². The van der Waals surface area contributed by atoms with Crippen LogP contribution in [-0.4, -0.2) is 80.9 Å². The third kappa shape index (κ3) is 3.82. The fraction of sp³-hybridized carbons (Fsp3) is 0.611. The Kier molecular flexibility index (Phi) is 5.36. The zero-order chi connectivity index (χ0) is 18.9. The lowest BCUT2D eigenvalue weighted by atomic mass is 10.1. The molecule has 0 aromatic heterocycles. The number of urea groups is 1. The van der Waals surface area contributed by atoms with Gasteiger partial charge in [0.05, 0.1) is 5.69 Å². The molecule has 2 fully saturated rings. The number of carbonyl (C=O) groups excluding carboxylic acids is 1. The molecule has 148 valence electrons. The van der Waals surface area contributed by atoms with Crippen LogP contribution in [0.2, 0.25) is 0 Å². The monoisotopic (exact) mass is 393 g/mol. The molecule has 0 saturated carbocycles. The topological polar surface area (TPSA) is 76.2 Å². The van der Waals surface area contributed by atoms with E-state index in [1.165, 1.54) is 30.2 Å². The Morgan fingerprint density at radius 3 is 2.22 bits per heavy atom. The highest BCUT2D eigenvalue weighted by Crippen LogP contribution is 2.28. The number of carbonyl (C=O) groups is 1. The molecule has 4 rings (SSSR count). The van der Waals surface area contributed by atoms with Gasteiger partial charge in [-0.1, -0.05) is 18.2 Å². The van der Waals surface area contributed by atoms with Crippen molar-refractivity contribution in [2.24, 2.45) is 0 Å². The quantitative estimate of drug-likeness (QED) is 0.796. The van der Waals surface area contributed by atoms with Gasteiger partial charge in [0.2, 0.25) is 0 Å². The zero-order valence-electron chi connectivity index (χ0n) is 15.5. The van der Waals surface area contributed by atoms with Crippen molar-refractivity contribution in [3.63, 3.8) is 0 Å². The number of anilines is 1. The van der Waals surface area contributed by atoms with Crippen molar-refractivity contribution in [3.8, 4) is 0 Å². The maximum Gasteiger partial charge on any atom is 0.337 e. The van der Waals surface area contributed by atoms with E-state index in [4.69, 9.17) is 0 Å². The van der Waals surface area contributed by atoms with Crippen LogP contribution < -0.4 is 9.62 Å². The van der Waals surface area contributed by atoms with Crippen LogP contribution in [0.25, 0.3) is 0 Å². The van der Waals surface area contributed by atoms with E-state index in [1.807, 2.05) is 12.1 Å². The maximum absolute atomic E-state index is 13.2. The van der Waals surface area contributed by atoms with Crippen molar-refractivity contribution in [1.82, 2.24) is 19.4 Å². The summed E-state index contributed by atoms with van der Waals surface area (Å²) in [5, 5.41) is 2.66. The van der Waals surface area contributed by atoms with Crippen molar-refractivity contribution < 1.29 is 13.2 Å². The van der Waals surface area contributed by atoms with Crippen LogP contribution in [0.4, 0.5) is 10.5 Å². The molecule has 0 aliphatic carbocycles. The number of amides is 2. The summed E-state index contributed by atoms with van der Waals surface area (Å²) in [5.41, 5.74) is 1.27. The minimum absolute atomic E-state index is 0.352. The highest BCUT2D eigenvalue weighted by atomic mass is 32.2. The van der Waals surface area contributed by atoms with E-state index in [-0.39, 0.29) is 0 Å². The molecule has 9 heteroatoms. The van der Waals surface area contributed by atoms with Gasteiger partial charge in [0, 0.05) is 45.8 Å². The van der Waals surface area contributed by atoms with Gasteiger partial charge in [0.1, 0.15) is 0 Å². The zero-order valence-corrected chi connectivity index (χ0v) is 16.3. The van der Waals surface area contributed by atoms with E-state index in [0.717, 1.165) is 23.0 Å². The smallest absolute Gasteiger partial charge is 0.333 e. The van der Waals surface area contributed by atoms with Gasteiger partial charge in [-0.15, -0.1) is 0 Å². The number of hydrogen-bond donors (Lipinski definition) is 1. The van der Waals surface area contributed by atoms with Crippen molar-refractivity contribution in [2.75, 3.05) is 56.7 Å². The van der Waals surface area contributed by atoms with Gasteiger partial charge in [-0.3, -0.25) is 4.90 Å². The predicted octanol–water partition coefficient (Wildman–Crippen LogP) is 0.674. The lowest BCUT2D eigenvalue weighted by Crippen LogP contribution is -2.57. The second kappa shape index (κ2) is 7.75. The van der Waals surface area contributed by atoms with Crippen LogP contribution in [-0.2, 0) is 16.8 Å². The molecule has 27 heavy (non-hydrogen) atoms. The molecule has 1 aromatic carbocycles. The third-order valence-electron chi connectivity index (χ3n) is 5.64. The number of fused-ring (bicyclic) bond motifs is 1. The van der Waals surface area contributed by atoms with Crippen molar-refractivity contribution in [3.05, 3.63) is 29.8 Å². The predicted molar refractivity (Wildman–Crippen MR) is 104 cm³/mol. The van der Waals surface area contributed by atoms with Crippen molar-refractivity contribution in [2.45, 2.75) is 19.4 Å². The molecule has 3 aliphatic heterocycles. The highest BCUT2D eigenvalue weighted by molar-refractivity contribution is 7.91. The largest absolute Gasteiger partial charge is 0.337 e. The van der Waals surface area contributed by atoms with Crippen LogP contribution in [0.5, 0.6) is 0 Å². The maximum atomic E-state index is 13.2. The number of benzene rings is 1. The molecule has 2 amide bonds. The van der Waals surface area contributed by atoms with Crippen LogP contribution in [0.3, 0.4) is 0 Å².